The molecule has 0 radical (unpaired) electrons. The fourth-order valence-electron chi connectivity index (χ4n) is 1.39. The van der Waals surface area contributed by atoms with E-state index in [4.69, 9.17) is 10.5 Å². The quantitative estimate of drug-likeness (QED) is 0.637. The van der Waals surface area contributed by atoms with Crippen molar-refractivity contribution in [1.82, 2.24) is 0 Å². The number of ether oxygens (including phenoxy) is 1. The molecular weight excluding hydrogens is 157 g/mol. The molecule has 2 nitrogen and oxygen atoms in total. The Hall–Kier alpha value is -1.09. The maximum Gasteiger partial charge on any atom is 0.126 e. The van der Waals surface area contributed by atoms with E-state index in [2.05, 4.69) is 0 Å². The van der Waals surface area contributed by atoms with Crippen LogP contribution >= 0.6 is 0 Å². The Morgan fingerprint density at radius 1 is 1.50 bits per heavy atom. The molecule has 1 heterocycles. The van der Waals surface area contributed by atoms with Gasteiger partial charge in [0.05, 0.1) is 6.61 Å². The number of rotatable bonds is 0. The lowest BCUT2D eigenvalue weighted by Gasteiger charge is -2.22. The van der Waals surface area contributed by atoms with Gasteiger partial charge in [0, 0.05) is 24.1 Å². The third kappa shape index (κ3) is 1.16. The predicted octanol–water partition coefficient (Wildman–Crippen LogP) is 1.61. The first-order valence-corrected chi connectivity index (χ1v) is 3.95. The summed E-state index contributed by atoms with van der Waals surface area (Å²) in [6.45, 7) is 0.581. The summed E-state index contributed by atoms with van der Waals surface area (Å²) in [5.41, 5.74) is 6.70. The Morgan fingerprint density at radius 2 is 2.33 bits per heavy atom. The Labute approximate surface area is 70.1 Å². The van der Waals surface area contributed by atoms with Crippen LogP contribution in [0.15, 0.2) is 18.2 Å². The zero-order chi connectivity index (χ0) is 8.55. The normalized spacial score (nSPS) is 21.3. The van der Waals surface area contributed by atoms with E-state index in [0.29, 0.717) is 12.4 Å². The fourth-order valence-corrected chi connectivity index (χ4v) is 1.39. The number of fused-ring (bicyclic) bond motifs is 1. The third-order valence-corrected chi connectivity index (χ3v) is 2.06. The molecule has 1 unspecified atom stereocenters. The van der Waals surface area contributed by atoms with Crippen molar-refractivity contribution < 1.29 is 9.13 Å². The molecule has 3 heteroatoms. The van der Waals surface area contributed by atoms with Crippen LogP contribution in [0, 0.1) is 5.82 Å². The standard InChI is InChI=1S/C9H10FNO/c10-6-1-2-7-8(11)3-4-12-9(7)5-6/h1-2,5,8H,3-4,11H2. The third-order valence-electron chi connectivity index (χ3n) is 2.06. The highest BCUT2D eigenvalue weighted by Gasteiger charge is 2.17. The highest BCUT2D eigenvalue weighted by Crippen LogP contribution is 2.30. The smallest absolute Gasteiger partial charge is 0.126 e. The number of benzene rings is 1. The lowest BCUT2D eigenvalue weighted by molar-refractivity contribution is 0.267. The number of nitrogens with two attached hydrogens (primary N) is 1. The van der Waals surface area contributed by atoms with E-state index >= 15 is 0 Å². The average molecular weight is 167 g/mol. The first-order valence-electron chi connectivity index (χ1n) is 3.95. The molecule has 64 valence electrons. The predicted molar refractivity (Wildman–Crippen MR) is 43.4 cm³/mol. The molecule has 1 aromatic carbocycles. The summed E-state index contributed by atoms with van der Waals surface area (Å²) in [6, 6.07) is 4.48. The van der Waals surface area contributed by atoms with Gasteiger partial charge in [-0.25, -0.2) is 4.39 Å². The van der Waals surface area contributed by atoms with Crippen molar-refractivity contribution in [1.29, 1.82) is 0 Å². The molecule has 0 spiro atoms. The minimum absolute atomic E-state index is 0.00523. The summed E-state index contributed by atoms with van der Waals surface area (Å²) in [6.07, 6.45) is 0.804. The maximum absolute atomic E-state index is 12.7. The molecule has 0 saturated heterocycles. The maximum atomic E-state index is 12.7. The molecule has 0 fully saturated rings. The highest BCUT2D eigenvalue weighted by atomic mass is 19.1. The van der Waals surface area contributed by atoms with Crippen LogP contribution in [0.2, 0.25) is 0 Å². The molecule has 1 aliphatic rings. The number of hydrogen-bond donors (Lipinski definition) is 1. The molecule has 1 aliphatic heterocycles. The Morgan fingerprint density at radius 3 is 3.17 bits per heavy atom. The van der Waals surface area contributed by atoms with E-state index in [0.717, 1.165) is 12.0 Å². The Bertz CT molecular complexity index is 301. The summed E-state index contributed by atoms with van der Waals surface area (Å²) in [5.74, 6) is 0.316. The Balaban J connectivity index is 2.46. The van der Waals surface area contributed by atoms with E-state index in [1.165, 1.54) is 12.1 Å². The van der Waals surface area contributed by atoms with Crippen molar-refractivity contribution >= 4 is 0 Å². The first-order chi connectivity index (χ1) is 5.77. The van der Waals surface area contributed by atoms with Crippen LogP contribution in [0.1, 0.15) is 18.0 Å². The van der Waals surface area contributed by atoms with E-state index in [1.807, 2.05) is 0 Å². The molecular formula is C9H10FNO. The lowest BCUT2D eigenvalue weighted by atomic mass is 10.0. The van der Waals surface area contributed by atoms with Gasteiger partial charge in [0.25, 0.3) is 0 Å². The fraction of sp³-hybridized carbons (Fsp3) is 0.333. The van der Waals surface area contributed by atoms with Gasteiger partial charge in [0.1, 0.15) is 11.6 Å². The van der Waals surface area contributed by atoms with Crippen LogP contribution < -0.4 is 10.5 Å². The minimum Gasteiger partial charge on any atom is -0.493 e. The van der Waals surface area contributed by atoms with Gasteiger partial charge in [-0.15, -0.1) is 0 Å². The monoisotopic (exact) mass is 167 g/mol. The van der Waals surface area contributed by atoms with Crippen LogP contribution in [-0.2, 0) is 0 Å². The molecule has 2 N–H and O–H groups in total. The summed E-state index contributed by atoms with van der Waals surface area (Å²) in [7, 11) is 0. The van der Waals surface area contributed by atoms with Crippen molar-refractivity contribution in [3.05, 3.63) is 29.6 Å². The van der Waals surface area contributed by atoms with Gasteiger partial charge in [0.2, 0.25) is 0 Å². The first kappa shape index (κ1) is 7.55. The highest BCUT2D eigenvalue weighted by molar-refractivity contribution is 5.37. The van der Waals surface area contributed by atoms with Gasteiger partial charge >= 0.3 is 0 Å². The SMILES string of the molecule is NC1CCOc2cc(F)ccc21. The minimum atomic E-state index is -0.275. The van der Waals surface area contributed by atoms with Gasteiger partial charge in [-0.2, -0.15) is 0 Å². The summed E-state index contributed by atoms with van der Waals surface area (Å²) < 4.78 is 18.0. The van der Waals surface area contributed by atoms with Crippen molar-refractivity contribution in [2.24, 2.45) is 5.73 Å². The Kier molecular flexibility index (Phi) is 1.73. The van der Waals surface area contributed by atoms with E-state index in [9.17, 15) is 4.39 Å². The molecule has 0 aliphatic carbocycles. The molecule has 0 saturated carbocycles. The van der Waals surface area contributed by atoms with Crippen LogP contribution in [0.25, 0.3) is 0 Å². The van der Waals surface area contributed by atoms with E-state index < -0.39 is 0 Å². The van der Waals surface area contributed by atoms with Gasteiger partial charge in [0.15, 0.2) is 0 Å². The second-order valence-electron chi connectivity index (χ2n) is 2.93. The molecule has 0 bridgehead atoms. The van der Waals surface area contributed by atoms with Crippen molar-refractivity contribution in [2.75, 3.05) is 6.61 Å². The second-order valence-corrected chi connectivity index (χ2v) is 2.93. The molecule has 1 aromatic rings. The number of halogens is 1. The van der Waals surface area contributed by atoms with E-state index in [-0.39, 0.29) is 11.9 Å². The second kappa shape index (κ2) is 2.75. The summed E-state index contributed by atoms with van der Waals surface area (Å²) in [4.78, 5) is 0. The van der Waals surface area contributed by atoms with Gasteiger partial charge in [-0.1, -0.05) is 6.07 Å². The topological polar surface area (TPSA) is 35.2 Å². The zero-order valence-electron chi connectivity index (χ0n) is 6.59. The van der Waals surface area contributed by atoms with Crippen LogP contribution in [0.5, 0.6) is 5.75 Å². The number of hydrogen-bond acceptors (Lipinski definition) is 2. The van der Waals surface area contributed by atoms with Crippen LogP contribution in [0.4, 0.5) is 4.39 Å². The summed E-state index contributed by atoms with van der Waals surface area (Å²) in [5, 5.41) is 0. The molecule has 2 rings (SSSR count). The van der Waals surface area contributed by atoms with Crippen molar-refractivity contribution in [2.45, 2.75) is 12.5 Å². The summed E-state index contributed by atoms with van der Waals surface area (Å²) >= 11 is 0. The lowest BCUT2D eigenvalue weighted by Crippen LogP contribution is -2.20. The van der Waals surface area contributed by atoms with Crippen LogP contribution in [0.3, 0.4) is 0 Å². The van der Waals surface area contributed by atoms with Crippen molar-refractivity contribution in [3.8, 4) is 5.75 Å². The largest absolute Gasteiger partial charge is 0.493 e. The zero-order valence-corrected chi connectivity index (χ0v) is 6.59. The van der Waals surface area contributed by atoms with Gasteiger partial charge in [-0.05, 0) is 6.07 Å². The van der Waals surface area contributed by atoms with Crippen LogP contribution in [-0.4, -0.2) is 6.61 Å². The molecule has 0 amide bonds. The molecule has 0 aromatic heterocycles. The van der Waals surface area contributed by atoms with Gasteiger partial charge < -0.3 is 10.5 Å². The van der Waals surface area contributed by atoms with Crippen molar-refractivity contribution in [3.63, 3.8) is 0 Å². The molecule has 1 atom stereocenters. The van der Waals surface area contributed by atoms with E-state index in [1.54, 1.807) is 6.07 Å². The average Bonchev–Trinajstić information content (AvgIpc) is 2.04. The van der Waals surface area contributed by atoms with Gasteiger partial charge in [-0.3, -0.25) is 0 Å². The molecule has 12 heavy (non-hydrogen) atoms.